The number of para-hydroxylation sites is 1. The van der Waals surface area contributed by atoms with Crippen molar-refractivity contribution in [3.05, 3.63) is 71.4 Å². The van der Waals surface area contributed by atoms with Crippen LogP contribution in [0.4, 0.5) is 11.6 Å². The fourth-order valence-electron chi connectivity index (χ4n) is 4.00. The normalized spacial score (nSPS) is 14.9. The predicted octanol–water partition coefficient (Wildman–Crippen LogP) is 6.28. The van der Waals surface area contributed by atoms with Gasteiger partial charge in [-0.25, -0.2) is 4.68 Å². The van der Waals surface area contributed by atoms with Gasteiger partial charge in [0.2, 0.25) is 11.1 Å². The van der Waals surface area contributed by atoms with Gasteiger partial charge in [-0.3, -0.25) is 4.79 Å². The number of unbranched alkanes of at least 4 members (excludes halogenated alkanes) is 2. The highest BCUT2D eigenvalue weighted by Gasteiger charge is 2.34. The van der Waals surface area contributed by atoms with E-state index in [0.717, 1.165) is 54.1 Å². The highest BCUT2D eigenvalue weighted by molar-refractivity contribution is 7.99. The number of nitrogens with one attached hydrogen (secondary N) is 2. The number of carbonyl (C=O) groups excluding carboxylic acids is 1. The van der Waals surface area contributed by atoms with Crippen molar-refractivity contribution in [3.8, 4) is 5.75 Å². The van der Waals surface area contributed by atoms with Crippen molar-refractivity contribution < 1.29 is 9.53 Å². The van der Waals surface area contributed by atoms with E-state index in [9.17, 15) is 4.79 Å². The summed E-state index contributed by atoms with van der Waals surface area (Å²) in [6.45, 7) is 6.93. The number of nitrogens with zero attached hydrogens (tertiary/aromatic N) is 3. The molecule has 1 aliphatic heterocycles. The number of hydrogen-bond donors (Lipinski definition) is 2. The first-order chi connectivity index (χ1) is 17.1. The summed E-state index contributed by atoms with van der Waals surface area (Å²) in [5, 5.41) is 11.8. The second kappa shape index (κ2) is 11.9. The van der Waals surface area contributed by atoms with E-state index in [4.69, 9.17) is 9.84 Å². The Balaban J connectivity index is 1.65. The molecule has 1 amide bonds. The Bertz CT molecular complexity index is 1160. The Hall–Kier alpha value is -3.26. The second-order valence-electron chi connectivity index (χ2n) is 8.52. The van der Waals surface area contributed by atoms with Crippen molar-refractivity contribution in [2.45, 2.75) is 57.7 Å². The fraction of sp³-hybridized carbons (Fsp3) is 0.370. The maximum Gasteiger partial charge on any atom is 0.255 e. The van der Waals surface area contributed by atoms with Crippen LogP contribution >= 0.6 is 11.8 Å². The van der Waals surface area contributed by atoms with E-state index < -0.39 is 6.04 Å². The van der Waals surface area contributed by atoms with Gasteiger partial charge in [0.15, 0.2) is 0 Å². The molecule has 2 heterocycles. The summed E-state index contributed by atoms with van der Waals surface area (Å²) in [5.74, 6) is 2.23. The lowest BCUT2D eigenvalue weighted by Gasteiger charge is -2.28. The van der Waals surface area contributed by atoms with Crippen LogP contribution in [0.25, 0.3) is 0 Å². The summed E-state index contributed by atoms with van der Waals surface area (Å²) < 4.78 is 7.72. The molecule has 1 unspecified atom stereocenters. The van der Waals surface area contributed by atoms with Crippen LogP contribution in [-0.2, 0) is 4.79 Å². The van der Waals surface area contributed by atoms with Gasteiger partial charge in [0.05, 0.1) is 12.2 Å². The van der Waals surface area contributed by atoms with Gasteiger partial charge in [0.25, 0.3) is 5.91 Å². The van der Waals surface area contributed by atoms with Gasteiger partial charge in [-0.05, 0) is 49.6 Å². The molecule has 0 saturated heterocycles. The molecular weight excluding hydrogens is 458 g/mol. The van der Waals surface area contributed by atoms with Gasteiger partial charge < -0.3 is 15.4 Å². The van der Waals surface area contributed by atoms with Gasteiger partial charge in [0, 0.05) is 17.1 Å². The molecule has 4 rings (SSSR count). The van der Waals surface area contributed by atoms with E-state index in [1.165, 1.54) is 0 Å². The van der Waals surface area contributed by atoms with Crippen molar-refractivity contribution in [2.75, 3.05) is 23.0 Å². The Morgan fingerprint density at radius 2 is 1.86 bits per heavy atom. The van der Waals surface area contributed by atoms with Crippen molar-refractivity contribution in [1.82, 2.24) is 14.8 Å². The van der Waals surface area contributed by atoms with Crippen LogP contribution in [0.15, 0.2) is 71.0 Å². The van der Waals surface area contributed by atoms with Crippen LogP contribution in [0.3, 0.4) is 0 Å². The largest absolute Gasteiger partial charge is 0.494 e. The second-order valence-corrected chi connectivity index (χ2v) is 9.58. The number of hydrogen-bond acceptors (Lipinski definition) is 6. The Labute approximate surface area is 211 Å². The molecule has 0 aliphatic carbocycles. The smallest absolute Gasteiger partial charge is 0.255 e. The summed E-state index contributed by atoms with van der Waals surface area (Å²) in [7, 11) is 0. The number of benzene rings is 2. The quantitative estimate of drug-likeness (QED) is 0.243. The van der Waals surface area contributed by atoms with Gasteiger partial charge in [-0.15, -0.1) is 5.10 Å². The standard InChI is InChI=1S/C27H33N5O2S/c1-4-6-10-17-34-22-15-13-20(14-16-22)24-23(25(33)29-21-11-8-7-9-12-21)19(3)28-26-30-27(31-32(24)26)35-18-5-2/h7-9,11-16,24H,4-6,10,17-18H2,1-3H3,(H,29,33)(H,28,30,31). The molecule has 35 heavy (non-hydrogen) atoms. The topological polar surface area (TPSA) is 81.1 Å². The summed E-state index contributed by atoms with van der Waals surface area (Å²) >= 11 is 1.62. The number of rotatable bonds is 11. The highest BCUT2D eigenvalue weighted by atomic mass is 32.2. The molecule has 8 heteroatoms. The van der Waals surface area contributed by atoms with Gasteiger partial charge >= 0.3 is 0 Å². The molecule has 1 aromatic heterocycles. The van der Waals surface area contributed by atoms with Crippen LogP contribution in [0.5, 0.6) is 5.75 Å². The molecular formula is C27H33N5O2S. The molecule has 7 nitrogen and oxygen atoms in total. The lowest BCUT2D eigenvalue weighted by atomic mass is 9.95. The fourth-order valence-corrected chi connectivity index (χ4v) is 4.68. The van der Waals surface area contributed by atoms with Crippen LogP contribution in [0.2, 0.25) is 0 Å². The minimum absolute atomic E-state index is 0.171. The molecule has 2 N–H and O–H groups in total. The number of thioether (sulfide) groups is 1. The van der Waals surface area contributed by atoms with Gasteiger partial charge in [-0.2, -0.15) is 4.98 Å². The first kappa shape index (κ1) is 24.9. The molecule has 1 atom stereocenters. The molecule has 3 aromatic rings. The average molecular weight is 492 g/mol. The van der Waals surface area contributed by atoms with E-state index >= 15 is 0 Å². The third-order valence-electron chi connectivity index (χ3n) is 5.76. The zero-order chi connectivity index (χ0) is 24.6. The van der Waals surface area contributed by atoms with E-state index in [-0.39, 0.29) is 5.91 Å². The van der Waals surface area contributed by atoms with Crippen molar-refractivity contribution in [2.24, 2.45) is 0 Å². The molecule has 184 valence electrons. The molecule has 2 aromatic carbocycles. The average Bonchev–Trinajstić information content (AvgIpc) is 3.27. The zero-order valence-electron chi connectivity index (χ0n) is 20.6. The molecule has 0 saturated carbocycles. The third kappa shape index (κ3) is 6.06. The number of ether oxygens (including phenoxy) is 1. The molecule has 0 fully saturated rings. The highest BCUT2D eigenvalue weighted by Crippen LogP contribution is 2.37. The van der Waals surface area contributed by atoms with E-state index in [1.807, 2.05) is 66.2 Å². The Morgan fingerprint density at radius 3 is 2.57 bits per heavy atom. The number of aromatic nitrogens is 3. The number of fused-ring (bicyclic) bond motifs is 1. The first-order valence-electron chi connectivity index (χ1n) is 12.3. The molecule has 0 radical (unpaired) electrons. The minimum atomic E-state index is -0.410. The lowest BCUT2D eigenvalue weighted by molar-refractivity contribution is -0.113. The van der Waals surface area contributed by atoms with Gasteiger partial charge in [0.1, 0.15) is 11.8 Å². The van der Waals surface area contributed by atoms with Crippen LogP contribution in [0, 0.1) is 0 Å². The van der Waals surface area contributed by atoms with Crippen LogP contribution in [-0.4, -0.2) is 33.0 Å². The summed E-state index contributed by atoms with van der Waals surface area (Å²) in [5.41, 5.74) is 3.06. The number of carbonyl (C=O) groups is 1. The van der Waals surface area contributed by atoms with Crippen LogP contribution < -0.4 is 15.4 Å². The van der Waals surface area contributed by atoms with E-state index in [2.05, 4.69) is 29.5 Å². The zero-order valence-corrected chi connectivity index (χ0v) is 21.4. The summed E-state index contributed by atoms with van der Waals surface area (Å²) in [6, 6.07) is 17.0. The maximum absolute atomic E-state index is 13.5. The maximum atomic E-state index is 13.5. The third-order valence-corrected chi connectivity index (χ3v) is 6.80. The SMILES string of the molecule is CCCCCOc1ccc(C2C(C(=O)Nc3ccccc3)=C(C)Nc3nc(SCCC)nn32)cc1. The van der Waals surface area contributed by atoms with Crippen molar-refractivity contribution >= 4 is 29.3 Å². The number of allylic oxidation sites excluding steroid dienone is 1. The minimum Gasteiger partial charge on any atom is -0.494 e. The molecule has 0 spiro atoms. The lowest BCUT2D eigenvalue weighted by Crippen LogP contribution is -2.31. The van der Waals surface area contributed by atoms with Crippen LogP contribution in [0.1, 0.15) is 58.1 Å². The number of amides is 1. The summed E-state index contributed by atoms with van der Waals surface area (Å²) in [6.07, 6.45) is 4.40. The molecule has 1 aliphatic rings. The summed E-state index contributed by atoms with van der Waals surface area (Å²) in [4.78, 5) is 18.2. The van der Waals surface area contributed by atoms with E-state index in [0.29, 0.717) is 23.3 Å². The number of anilines is 2. The van der Waals surface area contributed by atoms with E-state index in [1.54, 1.807) is 11.8 Å². The monoisotopic (exact) mass is 491 g/mol. The first-order valence-corrected chi connectivity index (χ1v) is 13.3. The predicted molar refractivity (Wildman–Crippen MR) is 142 cm³/mol. The Morgan fingerprint density at radius 1 is 1.09 bits per heavy atom. The van der Waals surface area contributed by atoms with Crippen molar-refractivity contribution in [3.63, 3.8) is 0 Å². The van der Waals surface area contributed by atoms with Gasteiger partial charge in [-0.1, -0.05) is 68.8 Å². The Kier molecular flexibility index (Phi) is 8.47. The molecule has 0 bridgehead atoms. The van der Waals surface area contributed by atoms with Crippen molar-refractivity contribution in [1.29, 1.82) is 0 Å².